The average molecular weight is 615 g/mol. The molecule has 0 bridgehead atoms. The van der Waals surface area contributed by atoms with Crippen LogP contribution in [-0.2, 0) is 9.53 Å². The third-order valence-electron chi connectivity index (χ3n) is 7.46. The number of unbranched alkanes of at least 4 members (excludes halogenated alkanes) is 1. The van der Waals surface area contributed by atoms with Crippen LogP contribution >= 0.6 is 12.4 Å². The van der Waals surface area contributed by atoms with E-state index in [1.807, 2.05) is 26.8 Å². The van der Waals surface area contributed by atoms with Crippen LogP contribution < -0.4 is 21.1 Å². The average Bonchev–Trinajstić information content (AvgIpc) is 2.95. The fourth-order valence-electron chi connectivity index (χ4n) is 4.69. The molecule has 10 nitrogen and oxygen atoms in total. The minimum absolute atomic E-state index is 0. The normalized spacial score (nSPS) is 14.0. The Kier molecular flexibility index (Phi) is 20.1. The number of halogens is 1. The van der Waals surface area contributed by atoms with E-state index >= 15 is 0 Å². The molecule has 1 aromatic rings. The number of hydrogen-bond donors (Lipinski definition) is 4. The number of nitrogens with one attached hydrogen (secondary N) is 2. The van der Waals surface area contributed by atoms with Gasteiger partial charge in [0.05, 0.1) is 18.3 Å². The van der Waals surface area contributed by atoms with Crippen molar-refractivity contribution in [1.82, 2.24) is 15.5 Å². The van der Waals surface area contributed by atoms with Crippen LogP contribution in [0.3, 0.4) is 0 Å². The van der Waals surface area contributed by atoms with Gasteiger partial charge < -0.3 is 30.9 Å². The predicted octanol–water partition coefficient (Wildman–Crippen LogP) is 4.23. The van der Waals surface area contributed by atoms with Gasteiger partial charge in [-0.05, 0) is 62.0 Å². The van der Waals surface area contributed by atoms with Crippen molar-refractivity contribution in [1.29, 1.82) is 0 Å². The zero-order valence-corrected chi connectivity index (χ0v) is 27.4. The first-order chi connectivity index (χ1) is 19.5. The van der Waals surface area contributed by atoms with Gasteiger partial charge in [-0.2, -0.15) is 0 Å². The van der Waals surface area contributed by atoms with Crippen LogP contribution in [0.4, 0.5) is 4.79 Å². The van der Waals surface area contributed by atoms with Crippen molar-refractivity contribution in [3.63, 3.8) is 0 Å². The zero-order chi connectivity index (χ0) is 30.9. The number of aliphatic hydroxyl groups excluding tert-OH is 1. The van der Waals surface area contributed by atoms with Gasteiger partial charge in [-0.1, -0.05) is 46.8 Å². The molecular weight excluding hydrogens is 560 g/mol. The molecule has 0 saturated carbocycles. The summed E-state index contributed by atoms with van der Waals surface area (Å²) >= 11 is 0. The molecule has 0 aliphatic carbocycles. The minimum Gasteiger partial charge on any atom is -0.493 e. The molecule has 4 amide bonds. The van der Waals surface area contributed by atoms with Gasteiger partial charge in [-0.15, -0.1) is 12.4 Å². The molecule has 0 fully saturated rings. The van der Waals surface area contributed by atoms with Gasteiger partial charge in [0.25, 0.3) is 5.91 Å². The predicted molar refractivity (Wildman–Crippen MR) is 169 cm³/mol. The van der Waals surface area contributed by atoms with Crippen molar-refractivity contribution in [2.24, 2.45) is 29.4 Å². The number of imide groups is 1. The molecular formula is C31H55ClN4O6. The van der Waals surface area contributed by atoms with Crippen molar-refractivity contribution in [2.45, 2.75) is 78.9 Å². The first-order valence-corrected chi connectivity index (χ1v) is 14.9. The van der Waals surface area contributed by atoms with Gasteiger partial charge >= 0.3 is 6.03 Å². The fraction of sp³-hybridized carbons (Fsp3) is 0.710. The van der Waals surface area contributed by atoms with Crippen LogP contribution in [0.5, 0.6) is 5.75 Å². The van der Waals surface area contributed by atoms with Gasteiger partial charge in [0, 0.05) is 45.8 Å². The summed E-state index contributed by atoms with van der Waals surface area (Å²) in [5.74, 6) is -0.446. The molecule has 242 valence electrons. The van der Waals surface area contributed by atoms with E-state index in [2.05, 4.69) is 24.5 Å². The molecule has 4 unspecified atom stereocenters. The molecule has 1 rings (SSSR count). The summed E-state index contributed by atoms with van der Waals surface area (Å²) in [6.45, 7) is 11.7. The number of benzene rings is 1. The quantitative estimate of drug-likeness (QED) is 0.171. The first-order valence-electron chi connectivity index (χ1n) is 14.9. The number of methoxy groups -OCH3 is 1. The minimum atomic E-state index is -0.941. The van der Waals surface area contributed by atoms with Crippen molar-refractivity contribution in [2.75, 3.05) is 40.5 Å². The summed E-state index contributed by atoms with van der Waals surface area (Å²) in [7, 11) is 3.16. The second-order valence-corrected chi connectivity index (χ2v) is 11.4. The molecule has 1 aromatic carbocycles. The standard InChI is InChI=1S/C31H54N4O6.ClH/c1-8-15-35(31(39)33-6)30(38)25(22(4)5)19-27(36)26(32)18-23(21(2)3)20-34-29(37)24-13-9-10-14-28(24)41-17-12-11-16-40-7;/h9-10,13-14,21-23,25-27,36H,8,11-12,15-20,32H2,1-7H3,(H,33,39)(H,34,37);1H. The second-order valence-electron chi connectivity index (χ2n) is 11.4. The van der Waals surface area contributed by atoms with E-state index in [0.29, 0.717) is 50.5 Å². The van der Waals surface area contributed by atoms with Crippen LogP contribution in [0, 0.1) is 23.7 Å². The maximum Gasteiger partial charge on any atom is 0.323 e. The molecule has 0 radical (unpaired) electrons. The smallest absolute Gasteiger partial charge is 0.323 e. The number of carbonyl (C=O) groups is 3. The summed E-state index contributed by atoms with van der Waals surface area (Å²) in [5.41, 5.74) is 6.93. The zero-order valence-electron chi connectivity index (χ0n) is 26.6. The summed E-state index contributed by atoms with van der Waals surface area (Å²) in [5, 5.41) is 16.6. The maximum atomic E-state index is 13.3. The van der Waals surface area contributed by atoms with E-state index in [-0.39, 0.29) is 48.4 Å². The first kappa shape index (κ1) is 39.6. The monoisotopic (exact) mass is 614 g/mol. The topological polar surface area (TPSA) is 143 Å². The third kappa shape index (κ3) is 13.3. The van der Waals surface area contributed by atoms with Crippen molar-refractivity contribution in [3.05, 3.63) is 29.8 Å². The highest BCUT2D eigenvalue weighted by molar-refractivity contribution is 5.97. The van der Waals surface area contributed by atoms with Crippen LogP contribution in [0.2, 0.25) is 0 Å². The molecule has 4 atom stereocenters. The Morgan fingerprint density at radius 3 is 2.24 bits per heavy atom. The highest BCUT2D eigenvalue weighted by Crippen LogP contribution is 2.25. The number of urea groups is 1. The van der Waals surface area contributed by atoms with Crippen molar-refractivity contribution in [3.8, 4) is 5.75 Å². The highest BCUT2D eigenvalue weighted by Gasteiger charge is 2.34. The molecule has 0 saturated heterocycles. The largest absolute Gasteiger partial charge is 0.493 e. The highest BCUT2D eigenvalue weighted by atomic mass is 35.5. The molecule has 0 spiro atoms. The number of para-hydroxylation sites is 1. The third-order valence-corrected chi connectivity index (χ3v) is 7.46. The number of carbonyl (C=O) groups excluding carboxylic acids is 3. The number of nitrogens with zero attached hydrogens (tertiary/aromatic N) is 1. The van der Waals surface area contributed by atoms with E-state index in [0.717, 1.165) is 12.8 Å². The lowest BCUT2D eigenvalue weighted by Gasteiger charge is -2.32. The van der Waals surface area contributed by atoms with Gasteiger partial charge in [-0.3, -0.25) is 14.5 Å². The molecule has 0 aliphatic heterocycles. The van der Waals surface area contributed by atoms with Gasteiger partial charge in [0.15, 0.2) is 0 Å². The number of nitrogens with two attached hydrogens (primary N) is 1. The van der Waals surface area contributed by atoms with Gasteiger partial charge in [-0.25, -0.2) is 4.79 Å². The number of amides is 4. The number of rotatable bonds is 19. The number of ether oxygens (including phenoxy) is 2. The Bertz CT molecular complexity index is 932. The lowest BCUT2D eigenvalue weighted by atomic mass is 9.83. The van der Waals surface area contributed by atoms with Crippen LogP contribution in [0.25, 0.3) is 0 Å². The maximum absolute atomic E-state index is 13.3. The summed E-state index contributed by atoms with van der Waals surface area (Å²) in [6, 6.07) is 6.12. The summed E-state index contributed by atoms with van der Waals surface area (Å²) < 4.78 is 10.9. The Morgan fingerprint density at radius 2 is 1.67 bits per heavy atom. The molecule has 0 aliphatic rings. The molecule has 5 N–H and O–H groups in total. The van der Waals surface area contributed by atoms with E-state index in [4.69, 9.17) is 15.2 Å². The lowest BCUT2D eigenvalue weighted by Crippen LogP contribution is -2.48. The van der Waals surface area contributed by atoms with Gasteiger partial charge in [0.2, 0.25) is 5.91 Å². The molecule has 11 heteroatoms. The number of hydrogen-bond acceptors (Lipinski definition) is 7. The van der Waals surface area contributed by atoms with E-state index < -0.39 is 24.1 Å². The Hall–Kier alpha value is -2.40. The summed E-state index contributed by atoms with van der Waals surface area (Å²) in [6.07, 6.45) is 2.02. The van der Waals surface area contributed by atoms with Crippen LogP contribution in [0.1, 0.15) is 77.1 Å². The van der Waals surface area contributed by atoms with Crippen molar-refractivity contribution >= 4 is 30.3 Å². The SMILES string of the molecule is CCCN(C(=O)NC)C(=O)C(CC(O)C(N)CC(CNC(=O)c1ccccc1OCCCCOC)C(C)C)C(C)C.Cl. The Morgan fingerprint density at radius 1 is 1.02 bits per heavy atom. The summed E-state index contributed by atoms with van der Waals surface area (Å²) in [4.78, 5) is 39.9. The number of aliphatic hydroxyl groups is 1. The Labute approximate surface area is 258 Å². The molecule has 0 aromatic heterocycles. The van der Waals surface area contributed by atoms with Crippen molar-refractivity contribution < 1.29 is 29.0 Å². The lowest BCUT2D eigenvalue weighted by molar-refractivity contribution is -0.135. The second kappa shape index (κ2) is 21.3. The van der Waals surface area contributed by atoms with Crippen LogP contribution in [0.15, 0.2) is 24.3 Å². The van der Waals surface area contributed by atoms with E-state index in [1.54, 1.807) is 25.3 Å². The fourth-order valence-corrected chi connectivity index (χ4v) is 4.69. The van der Waals surface area contributed by atoms with E-state index in [1.165, 1.54) is 11.9 Å². The van der Waals surface area contributed by atoms with E-state index in [9.17, 15) is 19.5 Å². The van der Waals surface area contributed by atoms with Crippen LogP contribution in [-0.4, -0.2) is 80.5 Å². The molecule has 42 heavy (non-hydrogen) atoms. The molecule has 0 heterocycles. The Balaban J connectivity index is 0.0000168. The van der Waals surface area contributed by atoms with Gasteiger partial charge in [0.1, 0.15) is 5.75 Å².